The molecular weight excluding hydrogens is 915 g/mol. The van der Waals surface area contributed by atoms with Crippen molar-refractivity contribution in [3.05, 3.63) is 199 Å². The first kappa shape index (κ1) is 30.8. The summed E-state index contributed by atoms with van der Waals surface area (Å²) < 4.78 is 50.4. The normalized spacial score (nSPS) is 13.3. The van der Waals surface area contributed by atoms with Gasteiger partial charge in [0.1, 0.15) is 17.0 Å². The van der Waals surface area contributed by atoms with Crippen LogP contribution in [0.1, 0.15) is 19.4 Å². The summed E-state index contributed by atoms with van der Waals surface area (Å²) in [7, 11) is 0. The summed E-state index contributed by atoms with van der Waals surface area (Å²) in [6, 6.07) is 62.2. The Morgan fingerprint density at radius 3 is 2.12 bits per heavy atom. The summed E-state index contributed by atoms with van der Waals surface area (Å²) in [4.78, 5) is 19.8. The van der Waals surface area contributed by atoms with Crippen molar-refractivity contribution in [1.82, 2.24) is 33.3 Å². The molecule has 0 N–H and O–H groups in total. The molecule has 5 heterocycles. The predicted octanol–water partition coefficient (Wildman–Crippen LogP) is 12.1. The fourth-order valence-corrected chi connectivity index (χ4v) is 7.86. The minimum atomic E-state index is -2.18. The topological polar surface area (TPSA) is 65.3 Å². The van der Waals surface area contributed by atoms with E-state index in [0.29, 0.717) is 11.3 Å². The monoisotopic (exact) mass is 956 g/mol. The molecule has 7 nitrogen and oxygen atoms in total. The summed E-state index contributed by atoms with van der Waals surface area (Å²) >= 11 is 0. The van der Waals surface area contributed by atoms with E-state index in [0.717, 1.165) is 83.3 Å². The molecule has 0 spiro atoms. The van der Waals surface area contributed by atoms with E-state index in [1.165, 1.54) is 24.4 Å². The van der Waals surface area contributed by atoms with Gasteiger partial charge in [0.15, 0.2) is 0 Å². The Balaban J connectivity index is 0.000000206. The van der Waals surface area contributed by atoms with Gasteiger partial charge in [-0.2, -0.15) is 0 Å². The van der Waals surface area contributed by atoms with Gasteiger partial charge in [0.05, 0.1) is 27.7 Å². The van der Waals surface area contributed by atoms with E-state index in [1.54, 1.807) is 12.1 Å². The van der Waals surface area contributed by atoms with E-state index in [2.05, 4.69) is 146 Å². The second-order valence-electron chi connectivity index (χ2n) is 14.2. The van der Waals surface area contributed by atoms with Crippen LogP contribution in [0.15, 0.2) is 176 Å². The molecule has 6 bridgehead atoms. The van der Waals surface area contributed by atoms with Crippen LogP contribution in [0, 0.1) is 25.8 Å². The first-order valence-corrected chi connectivity index (χ1v) is 19.1. The third-order valence-corrected chi connectivity index (χ3v) is 10.6. The van der Waals surface area contributed by atoms with Crippen molar-refractivity contribution < 1.29 is 28.3 Å². The maximum atomic E-state index is 7.28. The molecular formula is C52H35IrN7-2. The van der Waals surface area contributed by atoms with Crippen LogP contribution in [0.5, 0.6) is 0 Å². The molecule has 8 heteroatoms. The van der Waals surface area contributed by atoms with Crippen molar-refractivity contribution >= 4 is 66.2 Å². The Bertz CT molecular complexity index is 3730. The van der Waals surface area contributed by atoms with Crippen molar-refractivity contribution in [2.45, 2.75) is 13.7 Å². The quantitative estimate of drug-likeness (QED) is 0.166. The third-order valence-electron chi connectivity index (χ3n) is 10.6. The Hall–Kier alpha value is -7.25. The van der Waals surface area contributed by atoms with Crippen LogP contribution in [0.3, 0.4) is 0 Å². The molecule has 5 aromatic heterocycles. The summed E-state index contributed by atoms with van der Waals surface area (Å²) in [5.41, 5.74) is 13.0. The van der Waals surface area contributed by atoms with Gasteiger partial charge in [0.25, 0.3) is 0 Å². The SMILES string of the molecule is [2H]C([2H])([2H])c1c[c-]c(-c2ccc(C([2H])([2H])[2H])cn2)cc1.[Ir].[c-]1cc2nc(-c3ccccc3)n3c4cccc(c4)c4nc5c(cccc5n5c6ccccc6nc5c1cc23)n4-c1ccccc1. The average Bonchev–Trinajstić information content (AvgIpc) is 4.04. The Kier molecular flexibility index (Phi) is 7.78. The fourth-order valence-electron chi connectivity index (χ4n) is 7.86. The number of hydrogen-bond donors (Lipinski definition) is 0. The van der Waals surface area contributed by atoms with E-state index < -0.39 is 13.7 Å². The molecule has 0 saturated heterocycles. The van der Waals surface area contributed by atoms with Crippen LogP contribution in [-0.2, 0) is 20.1 Å². The molecule has 12 rings (SSSR count). The van der Waals surface area contributed by atoms with Crippen molar-refractivity contribution in [2.75, 3.05) is 0 Å². The van der Waals surface area contributed by atoms with Crippen LogP contribution < -0.4 is 0 Å². The van der Waals surface area contributed by atoms with Gasteiger partial charge in [-0.05, 0) is 72.2 Å². The van der Waals surface area contributed by atoms with E-state index in [9.17, 15) is 0 Å². The number of pyridine rings is 1. The molecule has 0 aliphatic heterocycles. The zero-order valence-electron chi connectivity index (χ0n) is 37.7. The number of para-hydroxylation sites is 4. The van der Waals surface area contributed by atoms with Crippen molar-refractivity contribution in [1.29, 1.82) is 0 Å². The first-order valence-electron chi connectivity index (χ1n) is 22.1. The van der Waals surface area contributed by atoms with Gasteiger partial charge < -0.3 is 13.8 Å². The molecule has 0 aliphatic carbocycles. The van der Waals surface area contributed by atoms with Gasteiger partial charge >= 0.3 is 0 Å². The zero-order valence-corrected chi connectivity index (χ0v) is 34.1. The summed E-state index contributed by atoms with van der Waals surface area (Å²) in [5.74, 6) is 0.870. The number of imidazole rings is 3. The summed E-state index contributed by atoms with van der Waals surface area (Å²) in [5, 5.41) is 1.90. The van der Waals surface area contributed by atoms with Crippen LogP contribution >= 0.6 is 0 Å². The molecule has 1 radical (unpaired) electrons. The Morgan fingerprint density at radius 1 is 0.550 bits per heavy atom. The van der Waals surface area contributed by atoms with Gasteiger partial charge in [-0.15, -0.1) is 59.0 Å². The Morgan fingerprint density at radius 2 is 1.32 bits per heavy atom. The molecule has 60 heavy (non-hydrogen) atoms. The van der Waals surface area contributed by atoms with Gasteiger partial charge in [0, 0.05) is 62.2 Å². The second-order valence-corrected chi connectivity index (χ2v) is 14.2. The Labute approximate surface area is 367 Å². The third kappa shape index (κ3) is 6.34. The summed E-state index contributed by atoms with van der Waals surface area (Å²) in [6.07, 6.45) is 1.30. The minimum absolute atomic E-state index is 0. The molecule has 0 unspecified atom stereocenters. The number of hydrogen-bond acceptors (Lipinski definition) is 4. The molecule has 289 valence electrons. The van der Waals surface area contributed by atoms with Gasteiger partial charge in [-0.1, -0.05) is 97.8 Å². The van der Waals surface area contributed by atoms with Crippen LogP contribution in [0.4, 0.5) is 0 Å². The number of benzene rings is 7. The van der Waals surface area contributed by atoms with Crippen LogP contribution in [-0.4, -0.2) is 33.3 Å². The van der Waals surface area contributed by atoms with E-state index in [4.69, 9.17) is 23.2 Å². The molecule has 0 amide bonds. The molecule has 7 aromatic carbocycles. The number of fused-ring (bicyclic) bond motifs is 11. The van der Waals surface area contributed by atoms with E-state index >= 15 is 0 Å². The number of aryl methyl sites for hydroxylation is 2. The maximum Gasteiger partial charge on any atom is 0.145 e. The van der Waals surface area contributed by atoms with Gasteiger partial charge in [-0.25, -0.2) is 4.98 Å². The van der Waals surface area contributed by atoms with Crippen LogP contribution in [0.2, 0.25) is 0 Å². The summed E-state index contributed by atoms with van der Waals surface area (Å²) in [6.45, 7) is -4.34. The number of aromatic nitrogens is 7. The number of rotatable bonds is 3. The molecule has 0 fully saturated rings. The largest absolute Gasteiger partial charge is 0.331 e. The minimum Gasteiger partial charge on any atom is -0.331 e. The maximum absolute atomic E-state index is 7.28. The van der Waals surface area contributed by atoms with E-state index in [-0.39, 0.29) is 31.2 Å². The van der Waals surface area contributed by atoms with E-state index in [1.807, 2.05) is 24.3 Å². The molecule has 0 aliphatic rings. The average molecular weight is 956 g/mol. The number of nitrogens with zero attached hydrogens (tertiary/aromatic N) is 7. The molecule has 0 atom stereocenters. The van der Waals surface area contributed by atoms with Crippen molar-refractivity contribution in [3.63, 3.8) is 0 Å². The first-order chi connectivity index (χ1) is 31.5. The van der Waals surface area contributed by atoms with Gasteiger partial charge in [-0.3, -0.25) is 14.5 Å². The predicted molar refractivity (Wildman–Crippen MR) is 240 cm³/mol. The second kappa shape index (κ2) is 15.2. The molecule has 12 aromatic rings. The fraction of sp³-hybridized carbons (Fsp3) is 0.0385. The standard InChI is InChI=1S/C39H23N6.C13H12N.Ir/c1-3-11-25(12-4-1)37-41-31-22-21-27-24-35(31)44(37)29-16-9-13-26(23-29)39-42-36-33(43(39)28-14-5-2-6-15-28)19-10-20-34(36)45-32-18-8-7-17-30(32)40-38(27)45;1-10-3-6-12(7-4-10)13-8-5-11(2)9-14-13;/h1-20,22-24H;3-6,8-9H,1-2H3;/q2*-1;/i;1D3,2D3;. The molecule has 0 saturated carbocycles. The smallest absolute Gasteiger partial charge is 0.145 e. The van der Waals surface area contributed by atoms with Crippen LogP contribution in [0.25, 0.3) is 94.5 Å². The zero-order chi connectivity index (χ0) is 44.5. The van der Waals surface area contributed by atoms with Gasteiger partial charge in [0.2, 0.25) is 0 Å². The van der Waals surface area contributed by atoms with Crippen molar-refractivity contribution in [2.24, 2.45) is 0 Å². The van der Waals surface area contributed by atoms with Crippen molar-refractivity contribution in [3.8, 4) is 28.3 Å².